The Morgan fingerprint density at radius 1 is 1.20 bits per heavy atom. The standard InChI is InChI=1S/C14H13FN4O/c15-9-2-1-3-11(8-9)17-14(20)12-6-7-13(19-18-12)16-10-4-5-10/h1-3,6-8,10H,4-5H2,(H,16,19)(H,17,20). The van der Waals surface area contributed by atoms with Gasteiger partial charge in [-0.15, -0.1) is 10.2 Å². The Balaban J connectivity index is 1.66. The molecule has 20 heavy (non-hydrogen) atoms. The second kappa shape index (κ2) is 5.24. The zero-order valence-corrected chi connectivity index (χ0v) is 10.6. The van der Waals surface area contributed by atoms with Crippen LogP contribution in [-0.4, -0.2) is 22.1 Å². The quantitative estimate of drug-likeness (QED) is 0.897. The van der Waals surface area contributed by atoms with E-state index < -0.39 is 11.7 Å². The molecule has 0 aliphatic heterocycles. The number of rotatable bonds is 4. The maximum absolute atomic E-state index is 13.0. The fourth-order valence-corrected chi connectivity index (χ4v) is 1.73. The van der Waals surface area contributed by atoms with E-state index in [9.17, 15) is 9.18 Å². The predicted octanol–water partition coefficient (Wildman–Crippen LogP) is 2.44. The van der Waals surface area contributed by atoms with E-state index in [1.165, 1.54) is 18.2 Å². The van der Waals surface area contributed by atoms with Crippen molar-refractivity contribution in [1.82, 2.24) is 10.2 Å². The third-order valence-corrected chi connectivity index (χ3v) is 2.91. The van der Waals surface area contributed by atoms with Gasteiger partial charge in [-0.3, -0.25) is 4.79 Å². The van der Waals surface area contributed by atoms with Crippen LogP contribution in [0.3, 0.4) is 0 Å². The summed E-state index contributed by atoms with van der Waals surface area (Å²) < 4.78 is 13.0. The lowest BCUT2D eigenvalue weighted by molar-refractivity contribution is 0.102. The Labute approximate surface area is 115 Å². The SMILES string of the molecule is O=C(Nc1cccc(F)c1)c1ccc(NC2CC2)nn1. The number of hydrogen-bond acceptors (Lipinski definition) is 4. The number of halogens is 1. The van der Waals surface area contributed by atoms with E-state index in [1.807, 2.05) is 0 Å². The van der Waals surface area contributed by atoms with Gasteiger partial charge in [0, 0.05) is 11.7 Å². The molecular formula is C14H13FN4O. The molecule has 0 radical (unpaired) electrons. The Hall–Kier alpha value is -2.50. The summed E-state index contributed by atoms with van der Waals surface area (Å²) >= 11 is 0. The number of nitrogens with one attached hydrogen (secondary N) is 2. The number of carbonyl (C=O) groups excluding carboxylic acids is 1. The maximum Gasteiger partial charge on any atom is 0.276 e. The molecule has 102 valence electrons. The Bertz CT molecular complexity index is 625. The van der Waals surface area contributed by atoms with Crippen LogP contribution in [-0.2, 0) is 0 Å². The molecule has 0 atom stereocenters. The van der Waals surface area contributed by atoms with Gasteiger partial charge >= 0.3 is 0 Å². The van der Waals surface area contributed by atoms with Gasteiger partial charge in [0.15, 0.2) is 5.69 Å². The summed E-state index contributed by atoms with van der Waals surface area (Å²) in [4.78, 5) is 11.9. The number of carbonyl (C=O) groups is 1. The van der Waals surface area contributed by atoms with E-state index in [1.54, 1.807) is 18.2 Å². The summed E-state index contributed by atoms with van der Waals surface area (Å²) in [6, 6.07) is 9.48. The van der Waals surface area contributed by atoms with E-state index in [0.29, 0.717) is 17.5 Å². The lowest BCUT2D eigenvalue weighted by Gasteiger charge is -2.05. The molecule has 1 heterocycles. The van der Waals surface area contributed by atoms with E-state index in [4.69, 9.17) is 0 Å². The highest BCUT2D eigenvalue weighted by Crippen LogP contribution is 2.23. The molecule has 5 nitrogen and oxygen atoms in total. The molecule has 0 unspecified atom stereocenters. The lowest BCUT2D eigenvalue weighted by Crippen LogP contribution is -2.15. The summed E-state index contributed by atoms with van der Waals surface area (Å²) in [7, 11) is 0. The molecule has 1 fully saturated rings. The van der Waals surface area contributed by atoms with Gasteiger partial charge in [0.2, 0.25) is 0 Å². The van der Waals surface area contributed by atoms with E-state index in [-0.39, 0.29) is 5.69 Å². The Morgan fingerprint density at radius 2 is 2.05 bits per heavy atom. The fraction of sp³-hybridized carbons (Fsp3) is 0.214. The minimum atomic E-state index is -0.416. The molecular weight excluding hydrogens is 259 g/mol. The van der Waals surface area contributed by atoms with Crippen LogP contribution in [0.1, 0.15) is 23.3 Å². The first-order valence-corrected chi connectivity index (χ1v) is 6.38. The van der Waals surface area contributed by atoms with Gasteiger partial charge < -0.3 is 10.6 Å². The maximum atomic E-state index is 13.0. The molecule has 1 saturated carbocycles. The molecule has 0 spiro atoms. The second-order valence-electron chi connectivity index (χ2n) is 4.69. The van der Waals surface area contributed by atoms with Crippen LogP contribution in [0.5, 0.6) is 0 Å². The molecule has 3 rings (SSSR count). The van der Waals surface area contributed by atoms with Crippen molar-refractivity contribution in [2.24, 2.45) is 0 Å². The second-order valence-corrected chi connectivity index (χ2v) is 4.69. The summed E-state index contributed by atoms with van der Waals surface area (Å²) in [6.07, 6.45) is 2.28. The fourth-order valence-electron chi connectivity index (χ4n) is 1.73. The third-order valence-electron chi connectivity index (χ3n) is 2.91. The molecule has 1 aliphatic rings. The predicted molar refractivity (Wildman–Crippen MR) is 73.0 cm³/mol. The first-order valence-electron chi connectivity index (χ1n) is 6.38. The van der Waals surface area contributed by atoms with Gasteiger partial charge in [-0.05, 0) is 43.2 Å². The van der Waals surface area contributed by atoms with Crippen LogP contribution in [0.4, 0.5) is 15.9 Å². The molecule has 6 heteroatoms. The van der Waals surface area contributed by atoms with Crippen molar-refractivity contribution < 1.29 is 9.18 Å². The third kappa shape index (κ3) is 3.09. The van der Waals surface area contributed by atoms with Crippen molar-refractivity contribution >= 4 is 17.4 Å². The number of aromatic nitrogens is 2. The number of anilines is 2. The highest BCUT2D eigenvalue weighted by atomic mass is 19.1. The van der Waals surface area contributed by atoms with Gasteiger partial charge in [-0.2, -0.15) is 0 Å². The van der Waals surface area contributed by atoms with Crippen LogP contribution < -0.4 is 10.6 Å². The average molecular weight is 272 g/mol. The Kier molecular flexibility index (Phi) is 3.28. The van der Waals surface area contributed by atoms with Crippen molar-refractivity contribution in [1.29, 1.82) is 0 Å². The molecule has 1 aromatic carbocycles. The van der Waals surface area contributed by atoms with Gasteiger partial charge in [-0.25, -0.2) is 4.39 Å². The highest BCUT2D eigenvalue weighted by Gasteiger charge is 2.21. The normalized spacial score (nSPS) is 13.8. The van der Waals surface area contributed by atoms with Crippen molar-refractivity contribution in [2.75, 3.05) is 10.6 Å². The van der Waals surface area contributed by atoms with Gasteiger partial charge in [0.25, 0.3) is 5.91 Å². The molecule has 2 aromatic rings. The van der Waals surface area contributed by atoms with Crippen molar-refractivity contribution in [3.63, 3.8) is 0 Å². The smallest absolute Gasteiger partial charge is 0.276 e. The van der Waals surface area contributed by atoms with Crippen molar-refractivity contribution in [3.8, 4) is 0 Å². The average Bonchev–Trinajstić information content (AvgIpc) is 3.23. The molecule has 1 aromatic heterocycles. The zero-order chi connectivity index (χ0) is 13.9. The molecule has 0 saturated heterocycles. The van der Waals surface area contributed by atoms with Crippen LogP contribution in [0.15, 0.2) is 36.4 Å². The zero-order valence-electron chi connectivity index (χ0n) is 10.6. The topological polar surface area (TPSA) is 66.9 Å². The first-order chi connectivity index (χ1) is 9.70. The van der Waals surface area contributed by atoms with Crippen LogP contribution in [0.2, 0.25) is 0 Å². The number of hydrogen-bond donors (Lipinski definition) is 2. The van der Waals surface area contributed by atoms with Crippen LogP contribution in [0.25, 0.3) is 0 Å². The van der Waals surface area contributed by atoms with Crippen LogP contribution >= 0.6 is 0 Å². The van der Waals surface area contributed by atoms with Crippen molar-refractivity contribution in [3.05, 3.63) is 47.9 Å². The monoisotopic (exact) mass is 272 g/mol. The number of benzene rings is 1. The van der Waals surface area contributed by atoms with Gasteiger partial charge in [0.05, 0.1) is 0 Å². The summed E-state index contributed by atoms with van der Waals surface area (Å²) in [5.41, 5.74) is 0.576. The highest BCUT2D eigenvalue weighted by molar-refractivity contribution is 6.02. The molecule has 2 N–H and O–H groups in total. The summed E-state index contributed by atoms with van der Waals surface area (Å²) in [5, 5.41) is 13.6. The minimum Gasteiger partial charge on any atom is -0.366 e. The Morgan fingerprint density at radius 3 is 2.70 bits per heavy atom. The van der Waals surface area contributed by atoms with E-state index in [2.05, 4.69) is 20.8 Å². The minimum absolute atomic E-state index is 0.190. The van der Waals surface area contributed by atoms with Crippen LogP contribution in [0, 0.1) is 5.82 Å². The molecule has 0 bridgehead atoms. The van der Waals surface area contributed by atoms with E-state index in [0.717, 1.165) is 12.8 Å². The number of nitrogens with zero attached hydrogens (tertiary/aromatic N) is 2. The largest absolute Gasteiger partial charge is 0.366 e. The van der Waals surface area contributed by atoms with Crippen molar-refractivity contribution in [2.45, 2.75) is 18.9 Å². The van der Waals surface area contributed by atoms with Gasteiger partial charge in [0.1, 0.15) is 11.6 Å². The molecule has 1 amide bonds. The van der Waals surface area contributed by atoms with E-state index >= 15 is 0 Å². The summed E-state index contributed by atoms with van der Waals surface area (Å²) in [5.74, 6) is -0.159. The first kappa shape index (κ1) is 12.5. The number of amides is 1. The summed E-state index contributed by atoms with van der Waals surface area (Å²) in [6.45, 7) is 0. The van der Waals surface area contributed by atoms with Gasteiger partial charge in [-0.1, -0.05) is 6.07 Å². The molecule has 1 aliphatic carbocycles. The lowest BCUT2D eigenvalue weighted by atomic mass is 10.3.